The molecule has 1 amide bonds. The van der Waals surface area contributed by atoms with Gasteiger partial charge in [-0.15, -0.1) is 0 Å². The number of H-pyrrole nitrogens is 1. The zero-order chi connectivity index (χ0) is 14.6. The van der Waals surface area contributed by atoms with E-state index in [2.05, 4.69) is 20.9 Å². The lowest BCUT2D eigenvalue weighted by Gasteiger charge is -1.99. The molecule has 0 fully saturated rings. The number of fused-ring (bicyclic) bond motifs is 1. The summed E-state index contributed by atoms with van der Waals surface area (Å²) in [6.07, 6.45) is 2.45. The minimum atomic E-state index is -4.14. The van der Waals surface area contributed by atoms with Crippen molar-refractivity contribution in [3.8, 4) is 0 Å². The molecular weight excluding hydrogens is 336 g/mol. The minimum Gasteiger partial charge on any atom is -0.361 e. The molecule has 19 heavy (non-hydrogen) atoms. The van der Waals surface area contributed by atoms with E-state index in [0.717, 1.165) is 11.8 Å². The van der Waals surface area contributed by atoms with Crippen LogP contribution < -0.4 is 0 Å². The van der Waals surface area contributed by atoms with Crippen LogP contribution in [-0.4, -0.2) is 43.4 Å². The molecule has 0 spiro atoms. The number of halogens is 1. The van der Waals surface area contributed by atoms with Crippen molar-refractivity contribution in [2.45, 2.75) is 4.90 Å². The van der Waals surface area contributed by atoms with Crippen LogP contribution in [0.4, 0.5) is 0 Å². The standard InChI is InChI=1S/C8H6BrNO3S.C3H7NO/c9-7-3-5(14(11,12)13)4-8-6(7)1-2-10-8;1-4(2)3-5/h1-4,10H,(H,11,12,13);3H,1-2H3. The summed E-state index contributed by atoms with van der Waals surface area (Å²) in [4.78, 5) is 13.6. The lowest BCUT2D eigenvalue weighted by atomic mass is 10.2. The Morgan fingerprint density at radius 3 is 2.42 bits per heavy atom. The smallest absolute Gasteiger partial charge is 0.294 e. The van der Waals surface area contributed by atoms with Crippen LogP contribution in [0.3, 0.4) is 0 Å². The van der Waals surface area contributed by atoms with E-state index in [9.17, 15) is 13.2 Å². The summed E-state index contributed by atoms with van der Waals surface area (Å²) in [5.74, 6) is 0. The lowest BCUT2D eigenvalue weighted by Crippen LogP contribution is -2.06. The first kappa shape index (κ1) is 15.7. The van der Waals surface area contributed by atoms with E-state index in [1.807, 2.05) is 6.07 Å². The molecule has 0 aliphatic heterocycles. The molecule has 2 aromatic rings. The fourth-order valence-corrected chi connectivity index (χ4v) is 2.52. The fraction of sp³-hybridized carbons (Fsp3) is 0.182. The van der Waals surface area contributed by atoms with Crippen LogP contribution >= 0.6 is 15.9 Å². The van der Waals surface area contributed by atoms with Gasteiger partial charge in [0.15, 0.2) is 0 Å². The SMILES string of the molecule is CN(C)C=O.O=S(=O)(O)c1cc(Br)c2cc[nH]c2c1. The number of hydrogen-bond donors (Lipinski definition) is 2. The second-order valence-electron chi connectivity index (χ2n) is 3.89. The molecule has 0 aliphatic rings. The summed E-state index contributed by atoms with van der Waals surface area (Å²) in [6.45, 7) is 0. The maximum Gasteiger partial charge on any atom is 0.294 e. The van der Waals surface area contributed by atoms with Gasteiger partial charge in [-0.1, -0.05) is 15.9 Å². The third kappa shape index (κ3) is 4.34. The van der Waals surface area contributed by atoms with Crippen molar-refractivity contribution < 1.29 is 17.8 Å². The number of aromatic nitrogens is 1. The molecule has 104 valence electrons. The highest BCUT2D eigenvalue weighted by atomic mass is 79.9. The van der Waals surface area contributed by atoms with Crippen molar-refractivity contribution >= 4 is 43.4 Å². The predicted octanol–water partition coefficient (Wildman–Crippen LogP) is 1.88. The first-order valence-corrected chi connectivity index (χ1v) is 7.35. The van der Waals surface area contributed by atoms with Crippen molar-refractivity contribution in [2.75, 3.05) is 14.1 Å². The van der Waals surface area contributed by atoms with Crippen LogP contribution in [-0.2, 0) is 14.9 Å². The Balaban J connectivity index is 0.000000312. The zero-order valence-corrected chi connectivity index (χ0v) is 12.7. The van der Waals surface area contributed by atoms with Crippen molar-refractivity contribution in [3.63, 3.8) is 0 Å². The molecule has 6 nitrogen and oxygen atoms in total. The molecular formula is C11H13BrN2O4S. The number of nitrogens with one attached hydrogen (secondary N) is 1. The van der Waals surface area contributed by atoms with Crippen LogP contribution in [0.25, 0.3) is 10.9 Å². The molecule has 1 aromatic heterocycles. The highest BCUT2D eigenvalue weighted by molar-refractivity contribution is 9.10. The van der Waals surface area contributed by atoms with Gasteiger partial charge in [-0.25, -0.2) is 0 Å². The van der Waals surface area contributed by atoms with E-state index in [1.54, 1.807) is 20.3 Å². The first-order valence-electron chi connectivity index (χ1n) is 5.11. The highest BCUT2D eigenvalue weighted by Gasteiger charge is 2.12. The van der Waals surface area contributed by atoms with Crippen molar-refractivity contribution in [2.24, 2.45) is 0 Å². The van der Waals surface area contributed by atoms with E-state index in [1.165, 1.54) is 17.0 Å². The van der Waals surface area contributed by atoms with Gasteiger partial charge >= 0.3 is 0 Å². The Hall–Kier alpha value is -1.38. The van der Waals surface area contributed by atoms with Gasteiger partial charge in [0.05, 0.1) is 4.90 Å². The van der Waals surface area contributed by atoms with Crippen LogP contribution in [0.15, 0.2) is 33.8 Å². The van der Waals surface area contributed by atoms with Gasteiger partial charge in [-0.05, 0) is 18.2 Å². The van der Waals surface area contributed by atoms with Crippen molar-refractivity contribution in [1.29, 1.82) is 0 Å². The molecule has 0 atom stereocenters. The monoisotopic (exact) mass is 348 g/mol. The second kappa shape index (κ2) is 6.18. The van der Waals surface area contributed by atoms with Gasteiger partial charge in [0.2, 0.25) is 6.41 Å². The number of carbonyl (C=O) groups is 1. The molecule has 2 N–H and O–H groups in total. The van der Waals surface area contributed by atoms with Crippen LogP contribution in [0.1, 0.15) is 0 Å². The summed E-state index contributed by atoms with van der Waals surface area (Å²) in [7, 11) is -0.770. The van der Waals surface area contributed by atoms with Gasteiger partial charge < -0.3 is 9.88 Å². The normalized spacial score (nSPS) is 10.7. The molecule has 0 saturated carbocycles. The van der Waals surface area contributed by atoms with E-state index in [4.69, 9.17) is 4.55 Å². The Kier molecular flexibility index (Phi) is 5.10. The second-order valence-corrected chi connectivity index (χ2v) is 6.16. The molecule has 0 unspecified atom stereocenters. The molecule has 1 heterocycles. The van der Waals surface area contributed by atoms with Gasteiger partial charge in [-0.3, -0.25) is 9.35 Å². The molecule has 0 saturated heterocycles. The van der Waals surface area contributed by atoms with E-state index in [0.29, 0.717) is 9.99 Å². The Morgan fingerprint density at radius 2 is 1.95 bits per heavy atom. The number of aromatic amines is 1. The van der Waals surface area contributed by atoms with Crippen molar-refractivity contribution in [3.05, 3.63) is 28.9 Å². The van der Waals surface area contributed by atoms with E-state index < -0.39 is 10.1 Å². The van der Waals surface area contributed by atoms with Gasteiger partial charge in [-0.2, -0.15) is 8.42 Å². The number of amides is 1. The summed E-state index contributed by atoms with van der Waals surface area (Å²) >= 11 is 3.22. The fourth-order valence-electron chi connectivity index (χ4n) is 1.25. The quantitative estimate of drug-likeness (QED) is 0.640. The maximum absolute atomic E-state index is 10.9. The number of benzene rings is 1. The number of nitrogens with zero attached hydrogens (tertiary/aromatic N) is 1. The highest BCUT2D eigenvalue weighted by Crippen LogP contribution is 2.26. The summed E-state index contributed by atoms with van der Waals surface area (Å²) in [6, 6.07) is 4.56. The van der Waals surface area contributed by atoms with E-state index >= 15 is 0 Å². The van der Waals surface area contributed by atoms with Crippen molar-refractivity contribution in [1.82, 2.24) is 9.88 Å². The number of carbonyl (C=O) groups excluding carboxylic acids is 1. The molecule has 0 aliphatic carbocycles. The maximum atomic E-state index is 10.9. The average Bonchev–Trinajstić information content (AvgIpc) is 2.77. The minimum absolute atomic E-state index is 0.126. The molecule has 0 radical (unpaired) electrons. The number of hydrogen-bond acceptors (Lipinski definition) is 3. The van der Waals surface area contributed by atoms with Gasteiger partial charge in [0.25, 0.3) is 10.1 Å². The lowest BCUT2D eigenvalue weighted by molar-refractivity contribution is -0.115. The van der Waals surface area contributed by atoms with Crippen LogP contribution in [0, 0.1) is 0 Å². The Bertz CT molecular complexity index is 679. The predicted molar refractivity (Wildman–Crippen MR) is 75.6 cm³/mol. The topological polar surface area (TPSA) is 90.5 Å². The molecule has 1 aromatic carbocycles. The Labute approximate surface area is 119 Å². The third-order valence-corrected chi connectivity index (χ3v) is 3.59. The average molecular weight is 349 g/mol. The zero-order valence-electron chi connectivity index (χ0n) is 10.3. The molecule has 8 heteroatoms. The third-order valence-electron chi connectivity index (χ3n) is 2.10. The van der Waals surface area contributed by atoms with Gasteiger partial charge in [0, 0.05) is 35.7 Å². The molecule has 0 bridgehead atoms. The summed E-state index contributed by atoms with van der Waals surface area (Å²) < 4.78 is 31.2. The van der Waals surface area contributed by atoms with Gasteiger partial charge in [0.1, 0.15) is 0 Å². The first-order chi connectivity index (χ1) is 8.75. The summed E-state index contributed by atoms with van der Waals surface area (Å²) in [5, 5.41) is 0.873. The Morgan fingerprint density at radius 1 is 1.37 bits per heavy atom. The van der Waals surface area contributed by atoms with Crippen LogP contribution in [0.5, 0.6) is 0 Å². The van der Waals surface area contributed by atoms with Crippen LogP contribution in [0.2, 0.25) is 0 Å². The van der Waals surface area contributed by atoms with E-state index in [-0.39, 0.29) is 4.90 Å². The molecule has 2 rings (SSSR count). The summed E-state index contributed by atoms with van der Waals surface area (Å²) in [5.41, 5.74) is 0.659. The largest absolute Gasteiger partial charge is 0.361 e. The number of rotatable bonds is 2.